The number of methoxy groups -OCH3 is 1. The number of anilines is 1. The van der Waals surface area contributed by atoms with Gasteiger partial charge in [-0.1, -0.05) is 12.1 Å². The zero-order chi connectivity index (χ0) is 18.2. The van der Waals surface area contributed by atoms with Crippen molar-refractivity contribution in [1.82, 2.24) is 0 Å². The summed E-state index contributed by atoms with van der Waals surface area (Å²) in [5.74, 6) is 0.765. The van der Waals surface area contributed by atoms with Gasteiger partial charge in [-0.2, -0.15) is 0 Å². The van der Waals surface area contributed by atoms with E-state index in [2.05, 4.69) is 5.32 Å². The molecule has 0 aliphatic heterocycles. The minimum atomic E-state index is -0.716. The minimum Gasteiger partial charge on any atom is -0.481 e. The summed E-state index contributed by atoms with van der Waals surface area (Å²) in [6, 6.07) is 13.7. The number of nitrogens with one attached hydrogen (secondary N) is 1. The first-order valence-corrected chi connectivity index (χ1v) is 7.80. The molecule has 0 saturated carbocycles. The van der Waals surface area contributed by atoms with E-state index in [1.807, 2.05) is 0 Å². The van der Waals surface area contributed by atoms with Crippen LogP contribution >= 0.6 is 0 Å². The van der Waals surface area contributed by atoms with Gasteiger partial charge in [-0.3, -0.25) is 9.59 Å². The van der Waals surface area contributed by atoms with Crippen LogP contribution in [0.3, 0.4) is 0 Å². The first-order chi connectivity index (χ1) is 12.0. The molecule has 0 aromatic heterocycles. The largest absolute Gasteiger partial charge is 0.481 e. The third kappa shape index (κ3) is 5.61. The van der Waals surface area contributed by atoms with E-state index in [-0.39, 0.29) is 18.5 Å². The molecule has 0 fully saturated rings. The second-order valence-electron chi connectivity index (χ2n) is 5.41. The van der Waals surface area contributed by atoms with E-state index in [0.29, 0.717) is 22.7 Å². The summed E-state index contributed by atoms with van der Waals surface area (Å²) in [6.45, 7) is 3.29. The first-order valence-electron chi connectivity index (χ1n) is 7.80. The van der Waals surface area contributed by atoms with Crippen molar-refractivity contribution in [2.45, 2.75) is 20.0 Å². The molecule has 1 N–H and O–H groups in total. The van der Waals surface area contributed by atoms with E-state index >= 15 is 0 Å². The number of Topliss-reactive ketones (excluding diaryl/α,β-unsaturated/α-hetero) is 1. The van der Waals surface area contributed by atoms with Crippen LogP contribution in [0.25, 0.3) is 0 Å². The van der Waals surface area contributed by atoms with Crippen LogP contribution in [-0.4, -0.2) is 31.7 Å². The van der Waals surface area contributed by atoms with Crippen molar-refractivity contribution in [3.63, 3.8) is 0 Å². The molecule has 0 bridgehead atoms. The van der Waals surface area contributed by atoms with Gasteiger partial charge in [0.05, 0.1) is 0 Å². The summed E-state index contributed by atoms with van der Waals surface area (Å²) in [7, 11) is 1.54. The van der Waals surface area contributed by atoms with Gasteiger partial charge in [0.1, 0.15) is 11.5 Å². The molecule has 0 aliphatic carbocycles. The monoisotopic (exact) mass is 343 g/mol. The van der Waals surface area contributed by atoms with Gasteiger partial charge in [-0.25, -0.2) is 0 Å². The zero-order valence-electron chi connectivity index (χ0n) is 14.4. The second-order valence-corrected chi connectivity index (χ2v) is 5.41. The van der Waals surface area contributed by atoms with Crippen molar-refractivity contribution in [3.05, 3.63) is 54.1 Å². The Morgan fingerprint density at radius 1 is 1.08 bits per heavy atom. The zero-order valence-corrected chi connectivity index (χ0v) is 14.4. The molecule has 1 amide bonds. The summed E-state index contributed by atoms with van der Waals surface area (Å²) in [6.07, 6.45) is -0.716. The van der Waals surface area contributed by atoms with Crippen molar-refractivity contribution in [2.75, 3.05) is 19.2 Å². The summed E-state index contributed by atoms with van der Waals surface area (Å²) >= 11 is 0. The normalized spacial score (nSPS) is 11.5. The molecular weight excluding hydrogens is 322 g/mol. The molecule has 1 unspecified atom stereocenters. The number of ketones is 1. The molecule has 0 radical (unpaired) electrons. The highest BCUT2D eigenvalue weighted by Crippen LogP contribution is 2.18. The average Bonchev–Trinajstić information content (AvgIpc) is 2.61. The van der Waals surface area contributed by atoms with Gasteiger partial charge >= 0.3 is 0 Å². The van der Waals surface area contributed by atoms with Crippen molar-refractivity contribution < 1.29 is 23.8 Å². The standard InChI is InChI=1S/C19H21NO5/c1-13(21)15-5-4-6-18(11-15)25-14(2)19(22)20-16-7-9-17(10-8-16)24-12-23-3/h4-11,14H,12H2,1-3H3,(H,20,22). The van der Waals surface area contributed by atoms with E-state index in [1.54, 1.807) is 62.6 Å². The van der Waals surface area contributed by atoms with Crippen LogP contribution in [0.15, 0.2) is 48.5 Å². The molecule has 25 heavy (non-hydrogen) atoms. The topological polar surface area (TPSA) is 73.9 Å². The summed E-state index contributed by atoms with van der Waals surface area (Å²) in [4.78, 5) is 23.6. The molecule has 0 aliphatic rings. The van der Waals surface area contributed by atoms with E-state index in [1.165, 1.54) is 6.92 Å². The van der Waals surface area contributed by atoms with Gasteiger partial charge in [0.15, 0.2) is 18.7 Å². The van der Waals surface area contributed by atoms with E-state index in [9.17, 15) is 9.59 Å². The lowest BCUT2D eigenvalue weighted by Gasteiger charge is -2.15. The number of ether oxygens (including phenoxy) is 3. The Bertz CT molecular complexity index is 727. The van der Waals surface area contributed by atoms with Crippen LogP contribution in [0, 0.1) is 0 Å². The number of benzene rings is 2. The van der Waals surface area contributed by atoms with E-state index in [4.69, 9.17) is 14.2 Å². The van der Waals surface area contributed by atoms with E-state index in [0.717, 1.165) is 0 Å². The fourth-order valence-corrected chi connectivity index (χ4v) is 2.05. The third-order valence-electron chi connectivity index (χ3n) is 3.39. The highest BCUT2D eigenvalue weighted by atomic mass is 16.7. The number of hydrogen-bond acceptors (Lipinski definition) is 5. The van der Waals surface area contributed by atoms with Crippen LogP contribution in [-0.2, 0) is 9.53 Å². The fraction of sp³-hybridized carbons (Fsp3) is 0.263. The van der Waals surface area contributed by atoms with Gasteiger partial charge in [0.25, 0.3) is 5.91 Å². The van der Waals surface area contributed by atoms with Crippen molar-refractivity contribution in [2.24, 2.45) is 0 Å². The van der Waals surface area contributed by atoms with Crippen LogP contribution in [0.5, 0.6) is 11.5 Å². The molecular formula is C19H21NO5. The van der Waals surface area contributed by atoms with Crippen LogP contribution in [0.4, 0.5) is 5.69 Å². The van der Waals surface area contributed by atoms with Crippen molar-refractivity contribution >= 4 is 17.4 Å². The molecule has 6 heteroatoms. The predicted molar refractivity (Wildman–Crippen MR) is 94.1 cm³/mol. The molecule has 2 aromatic carbocycles. The summed E-state index contributed by atoms with van der Waals surface area (Å²) < 4.78 is 15.7. The quantitative estimate of drug-likeness (QED) is 0.588. The maximum absolute atomic E-state index is 12.2. The van der Waals surface area contributed by atoms with Gasteiger partial charge in [-0.15, -0.1) is 0 Å². The van der Waals surface area contributed by atoms with Crippen molar-refractivity contribution in [3.8, 4) is 11.5 Å². The molecule has 132 valence electrons. The number of rotatable bonds is 8. The number of carbonyl (C=O) groups is 2. The van der Waals surface area contributed by atoms with Gasteiger partial charge < -0.3 is 19.5 Å². The third-order valence-corrected chi connectivity index (χ3v) is 3.39. The van der Waals surface area contributed by atoms with Gasteiger partial charge in [0.2, 0.25) is 0 Å². The average molecular weight is 343 g/mol. The summed E-state index contributed by atoms with van der Waals surface area (Å²) in [5, 5.41) is 2.76. The Morgan fingerprint density at radius 2 is 1.80 bits per heavy atom. The SMILES string of the molecule is COCOc1ccc(NC(=O)C(C)Oc2cccc(C(C)=O)c2)cc1. The highest BCUT2D eigenvalue weighted by molar-refractivity contribution is 5.95. The maximum Gasteiger partial charge on any atom is 0.265 e. The van der Waals surface area contributed by atoms with Crippen LogP contribution in [0.2, 0.25) is 0 Å². The van der Waals surface area contributed by atoms with Gasteiger partial charge in [-0.05, 0) is 50.2 Å². The molecule has 6 nitrogen and oxygen atoms in total. The Morgan fingerprint density at radius 3 is 2.44 bits per heavy atom. The smallest absolute Gasteiger partial charge is 0.265 e. The second kappa shape index (κ2) is 8.84. The number of hydrogen-bond donors (Lipinski definition) is 1. The summed E-state index contributed by atoms with van der Waals surface area (Å²) in [5.41, 5.74) is 1.17. The fourth-order valence-electron chi connectivity index (χ4n) is 2.05. The first kappa shape index (κ1) is 18.5. The van der Waals surface area contributed by atoms with Crippen LogP contribution < -0.4 is 14.8 Å². The molecule has 0 spiro atoms. The number of amides is 1. The predicted octanol–water partition coefficient (Wildman–Crippen LogP) is 3.28. The van der Waals surface area contributed by atoms with E-state index < -0.39 is 6.10 Å². The Balaban J connectivity index is 1.93. The molecule has 0 heterocycles. The molecule has 0 saturated heterocycles. The molecule has 1 atom stereocenters. The lowest BCUT2D eigenvalue weighted by Crippen LogP contribution is -2.30. The minimum absolute atomic E-state index is 0.0571. The Labute approximate surface area is 146 Å². The lowest BCUT2D eigenvalue weighted by atomic mass is 10.1. The van der Waals surface area contributed by atoms with Crippen molar-refractivity contribution in [1.29, 1.82) is 0 Å². The maximum atomic E-state index is 12.2. The van der Waals surface area contributed by atoms with Gasteiger partial charge in [0, 0.05) is 18.4 Å². The highest BCUT2D eigenvalue weighted by Gasteiger charge is 2.15. The lowest BCUT2D eigenvalue weighted by molar-refractivity contribution is -0.122. The van der Waals surface area contributed by atoms with Crippen LogP contribution in [0.1, 0.15) is 24.2 Å². The Kier molecular flexibility index (Phi) is 6.54. The number of carbonyl (C=O) groups excluding carboxylic acids is 2. The molecule has 2 rings (SSSR count). The Hall–Kier alpha value is -2.86. The molecule has 2 aromatic rings.